The first-order valence-corrected chi connectivity index (χ1v) is 8.49. The second-order valence-corrected chi connectivity index (χ2v) is 5.96. The minimum atomic E-state index is 0.170. The molecule has 0 fully saturated rings. The molecule has 0 bridgehead atoms. The second-order valence-electron chi connectivity index (χ2n) is 5.96. The van der Waals surface area contributed by atoms with Crippen molar-refractivity contribution in [2.75, 3.05) is 20.0 Å². The molecule has 2 aromatic carbocycles. The minimum absolute atomic E-state index is 0.170. The molecule has 0 saturated carbocycles. The van der Waals surface area contributed by atoms with E-state index in [4.69, 9.17) is 19.9 Å². The normalized spacial score (nSPS) is 11.7. The molecular formula is C19H18N6O3. The molecule has 0 radical (unpaired) electrons. The summed E-state index contributed by atoms with van der Waals surface area (Å²) in [6.07, 6.45) is 0. The van der Waals surface area contributed by atoms with E-state index >= 15 is 0 Å². The molecule has 9 heteroatoms. The van der Waals surface area contributed by atoms with Gasteiger partial charge in [-0.25, -0.2) is 9.61 Å². The maximum atomic E-state index is 5.91. The highest BCUT2D eigenvalue weighted by Gasteiger charge is 2.21. The van der Waals surface area contributed by atoms with Gasteiger partial charge in [0.1, 0.15) is 18.6 Å². The number of aromatic nitrogens is 4. The first-order valence-electron chi connectivity index (χ1n) is 8.49. The van der Waals surface area contributed by atoms with Crippen molar-refractivity contribution in [3.63, 3.8) is 0 Å². The Kier molecular flexibility index (Phi) is 4.63. The highest BCUT2D eigenvalue weighted by Crippen LogP contribution is 2.27. The topological polar surface area (TPSA) is 114 Å². The molecule has 0 aliphatic rings. The summed E-state index contributed by atoms with van der Waals surface area (Å²) in [4.78, 5) is 9.75. The van der Waals surface area contributed by atoms with Gasteiger partial charge in [-0.15, -0.1) is 0 Å². The number of rotatable bonds is 6. The Morgan fingerprint density at radius 3 is 2.75 bits per heavy atom. The van der Waals surface area contributed by atoms with E-state index in [9.17, 15) is 0 Å². The molecule has 0 spiro atoms. The average molecular weight is 378 g/mol. The molecule has 0 atom stereocenters. The number of imidazole rings is 1. The molecule has 2 heterocycles. The highest BCUT2D eigenvalue weighted by atomic mass is 16.6. The molecule has 2 N–H and O–H groups in total. The fourth-order valence-electron chi connectivity index (χ4n) is 3.00. The van der Waals surface area contributed by atoms with Crippen LogP contribution in [0.4, 0.5) is 5.82 Å². The van der Waals surface area contributed by atoms with Crippen LogP contribution in [0, 0.1) is 0 Å². The SMILES string of the molecule is CO/N=C(/Cn1c(-c2nonc2N)nc2ccccc21)c1cccc(OC)c1. The van der Waals surface area contributed by atoms with Crippen molar-refractivity contribution in [2.45, 2.75) is 6.54 Å². The number of anilines is 1. The van der Waals surface area contributed by atoms with Crippen molar-refractivity contribution in [3.05, 3.63) is 54.1 Å². The quantitative estimate of drug-likeness (QED) is 0.405. The van der Waals surface area contributed by atoms with Gasteiger partial charge >= 0.3 is 0 Å². The summed E-state index contributed by atoms with van der Waals surface area (Å²) >= 11 is 0. The number of fused-ring (bicyclic) bond motifs is 1. The largest absolute Gasteiger partial charge is 0.497 e. The van der Waals surface area contributed by atoms with Gasteiger partial charge in [0, 0.05) is 5.56 Å². The lowest BCUT2D eigenvalue weighted by atomic mass is 10.1. The van der Waals surface area contributed by atoms with Crippen LogP contribution in [0.1, 0.15) is 5.56 Å². The van der Waals surface area contributed by atoms with Gasteiger partial charge in [-0.2, -0.15) is 0 Å². The number of para-hydroxylation sites is 2. The van der Waals surface area contributed by atoms with Crippen LogP contribution in [0.15, 0.2) is 58.3 Å². The number of nitrogens with two attached hydrogens (primary N) is 1. The molecule has 0 unspecified atom stereocenters. The van der Waals surface area contributed by atoms with Crippen LogP contribution in [0.25, 0.3) is 22.6 Å². The van der Waals surface area contributed by atoms with Crippen LogP contribution in [0.3, 0.4) is 0 Å². The van der Waals surface area contributed by atoms with E-state index in [-0.39, 0.29) is 5.82 Å². The van der Waals surface area contributed by atoms with Crippen molar-refractivity contribution in [1.82, 2.24) is 19.9 Å². The third kappa shape index (κ3) is 3.13. The Labute approximate surface area is 160 Å². The van der Waals surface area contributed by atoms with E-state index in [2.05, 4.69) is 20.5 Å². The zero-order valence-corrected chi connectivity index (χ0v) is 15.4. The monoisotopic (exact) mass is 378 g/mol. The van der Waals surface area contributed by atoms with Gasteiger partial charge in [-0.3, -0.25) is 0 Å². The molecule has 0 aliphatic heterocycles. The Balaban J connectivity index is 1.85. The van der Waals surface area contributed by atoms with Crippen molar-refractivity contribution in [1.29, 1.82) is 0 Å². The van der Waals surface area contributed by atoms with Crippen LogP contribution in [0.5, 0.6) is 5.75 Å². The van der Waals surface area contributed by atoms with E-state index in [1.54, 1.807) is 7.11 Å². The van der Waals surface area contributed by atoms with Crippen molar-refractivity contribution in [2.24, 2.45) is 5.16 Å². The summed E-state index contributed by atoms with van der Waals surface area (Å²) in [5.41, 5.74) is 9.51. The molecule has 4 rings (SSSR count). The van der Waals surface area contributed by atoms with Gasteiger partial charge in [0.15, 0.2) is 17.3 Å². The number of ether oxygens (including phenoxy) is 1. The van der Waals surface area contributed by atoms with Crippen LogP contribution < -0.4 is 10.5 Å². The molecule has 0 amide bonds. The smallest absolute Gasteiger partial charge is 0.199 e. The lowest BCUT2D eigenvalue weighted by Gasteiger charge is -2.11. The Morgan fingerprint density at radius 1 is 1.14 bits per heavy atom. The first kappa shape index (κ1) is 17.5. The third-order valence-corrected chi connectivity index (χ3v) is 4.29. The lowest BCUT2D eigenvalue weighted by Crippen LogP contribution is -2.14. The molecule has 142 valence electrons. The minimum Gasteiger partial charge on any atom is -0.497 e. The van der Waals surface area contributed by atoms with Gasteiger partial charge < -0.3 is 19.9 Å². The van der Waals surface area contributed by atoms with E-state index in [1.165, 1.54) is 7.11 Å². The average Bonchev–Trinajstić information content (AvgIpc) is 3.31. The summed E-state index contributed by atoms with van der Waals surface area (Å²) < 4.78 is 12.0. The zero-order chi connectivity index (χ0) is 19.5. The maximum Gasteiger partial charge on any atom is 0.199 e. The summed E-state index contributed by atoms with van der Waals surface area (Å²) in [6, 6.07) is 15.3. The van der Waals surface area contributed by atoms with Crippen LogP contribution in [-0.4, -0.2) is 39.8 Å². The lowest BCUT2D eigenvalue weighted by molar-refractivity contribution is 0.212. The summed E-state index contributed by atoms with van der Waals surface area (Å²) in [6.45, 7) is 0.364. The molecule has 0 saturated heterocycles. The molecule has 9 nitrogen and oxygen atoms in total. The van der Waals surface area contributed by atoms with Crippen LogP contribution in [-0.2, 0) is 11.4 Å². The third-order valence-electron chi connectivity index (χ3n) is 4.29. The Hall–Kier alpha value is -3.88. The van der Waals surface area contributed by atoms with Crippen molar-refractivity contribution < 1.29 is 14.2 Å². The van der Waals surface area contributed by atoms with Crippen LogP contribution >= 0.6 is 0 Å². The van der Waals surface area contributed by atoms with Gasteiger partial charge in [0.25, 0.3) is 0 Å². The van der Waals surface area contributed by atoms with Crippen molar-refractivity contribution >= 4 is 22.6 Å². The summed E-state index contributed by atoms with van der Waals surface area (Å²) in [7, 11) is 3.13. The van der Waals surface area contributed by atoms with E-state index in [0.717, 1.165) is 22.3 Å². The van der Waals surface area contributed by atoms with Gasteiger partial charge in [0.05, 0.1) is 24.7 Å². The number of hydrogen-bond acceptors (Lipinski definition) is 8. The summed E-state index contributed by atoms with van der Waals surface area (Å²) in [5, 5.41) is 11.8. The molecule has 4 aromatic rings. The number of oxime groups is 1. The predicted molar refractivity (Wildman–Crippen MR) is 104 cm³/mol. The second kappa shape index (κ2) is 7.39. The zero-order valence-electron chi connectivity index (χ0n) is 15.4. The molecule has 28 heavy (non-hydrogen) atoms. The standard InChI is InChI=1S/C19H18N6O3/c1-26-13-7-5-6-12(10-13)15(22-27-2)11-25-16-9-4-3-8-14(16)21-19(25)17-18(20)24-28-23-17/h3-10H,11H2,1-2H3,(H2,20,24)/b22-15-. The number of nitrogen functional groups attached to an aromatic ring is 1. The first-order chi connectivity index (χ1) is 13.7. The fourth-order valence-corrected chi connectivity index (χ4v) is 3.00. The predicted octanol–water partition coefficient (Wildman–Crippen LogP) is 2.73. The number of benzene rings is 2. The number of hydrogen-bond donors (Lipinski definition) is 1. The van der Waals surface area contributed by atoms with Gasteiger partial charge in [-0.1, -0.05) is 29.4 Å². The fraction of sp³-hybridized carbons (Fsp3) is 0.158. The molecule has 0 aliphatic carbocycles. The molecular weight excluding hydrogens is 360 g/mol. The maximum absolute atomic E-state index is 5.91. The molecule has 2 aromatic heterocycles. The van der Waals surface area contributed by atoms with Crippen LogP contribution in [0.2, 0.25) is 0 Å². The van der Waals surface area contributed by atoms with E-state index in [0.29, 0.717) is 23.8 Å². The summed E-state index contributed by atoms with van der Waals surface area (Å²) in [5.74, 6) is 1.43. The van der Waals surface area contributed by atoms with Crippen molar-refractivity contribution in [3.8, 4) is 17.3 Å². The van der Waals surface area contributed by atoms with Gasteiger partial charge in [0.2, 0.25) is 0 Å². The van der Waals surface area contributed by atoms with E-state index in [1.807, 2.05) is 53.1 Å². The Bertz CT molecular complexity index is 1150. The number of nitrogens with zero attached hydrogens (tertiary/aromatic N) is 5. The van der Waals surface area contributed by atoms with Gasteiger partial charge in [-0.05, 0) is 34.6 Å². The number of methoxy groups -OCH3 is 1. The highest BCUT2D eigenvalue weighted by molar-refractivity contribution is 6.01. The Morgan fingerprint density at radius 2 is 2.00 bits per heavy atom. The van der Waals surface area contributed by atoms with E-state index < -0.39 is 0 Å².